The number of hydrogen-bond acceptors (Lipinski definition) is 2. The minimum absolute atomic E-state index is 0.352. The zero-order chi connectivity index (χ0) is 10.6. The highest BCUT2D eigenvalue weighted by Gasteiger charge is 2.01. The number of hydrogen-bond donors (Lipinski definition) is 2. The van der Waals surface area contributed by atoms with E-state index >= 15 is 0 Å². The molecule has 14 heavy (non-hydrogen) atoms. The molecule has 1 aromatic carbocycles. The van der Waals surface area contributed by atoms with Crippen molar-refractivity contribution in [2.24, 2.45) is 5.73 Å². The molecule has 0 aliphatic rings. The van der Waals surface area contributed by atoms with Gasteiger partial charge in [-0.05, 0) is 37.1 Å². The highest BCUT2D eigenvalue weighted by Crippen LogP contribution is 2.14. The molecule has 2 nitrogen and oxygen atoms in total. The summed E-state index contributed by atoms with van der Waals surface area (Å²) in [7, 11) is 0. The number of benzene rings is 1. The van der Waals surface area contributed by atoms with Gasteiger partial charge in [0, 0.05) is 24.2 Å². The van der Waals surface area contributed by atoms with E-state index in [4.69, 9.17) is 17.3 Å². The van der Waals surface area contributed by atoms with Crippen molar-refractivity contribution in [3.63, 3.8) is 0 Å². The molecule has 3 heteroatoms. The zero-order valence-corrected chi connectivity index (χ0v) is 9.43. The van der Waals surface area contributed by atoms with Gasteiger partial charge in [0.25, 0.3) is 0 Å². The Morgan fingerprint density at radius 3 is 2.79 bits per heavy atom. The van der Waals surface area contributed by atoms with E-state index < -0.39 is 0 Å². The Morgan fingerprint density at radius 1 is 1.50 bits per heavy atom. The SMILES string of the molecule is Cc1cc(Cl)ccc1CN[C@H](C)CN. The van der Waals surface area contributed by atoms with Gasteiger partial charge in [0.2, 0.25) is 0 Å². The fourth-order valence-electron chi connectivity index (χ4n) is 1.23. The zero-order valence-electron chi connectivity index (χ0n) is 8.68. The molecule has 0 unspecified atom stereocenters. The number of nitrogens with one attached hydrogen (secondary N) is 1. The van der Waals surface area contributed by atoms with Crippen molar-refractivity contribution in [2.75, 3.05) is 6.54 Å². The molecule has 1 rings (SSSR count). The molecule has 1 atom stereocenters. The Morgan fingerprint density at radius 2 is 2.21 bits per heavy atom. The van der Waals surface area contributed by atoms with Gasteiger partial charge in [-0.2, -0.15) is 0 Å². The first kappa shape index (κ1) is 11.5. The molecule has 0 bridgehead atoms. The summed E-state index contributed by atoms with van der Waals surface area (Å²) in [5.41, 5.74) is 8.00. The standard InChI is InChI=1S/C11H17ClN2/c1-8-5-11(12)4-3-10(8)7-14-9(2)6-13/h3-5,9,14H,6-7,13H2,1-2H3/t9-/m1/s1. The fraction of sp³-hybridized carbons (Fsp3) is 0.455. The van der Waals surface area contributed by atoms with Gasteiger partial charge in [0.1, 0.15) is 0 Å². The lowest BCUT2D eigenvalue weighted by Gasteiger charge is -2.12. The van der Waals surface area contributed by atoms with Crippen molar-refractivity contribution in [3.8, 4) is 0 Å². The van der Waals surface area contributed by atoms with E-state index in [1.54, 1.807) is 0 Å². The van der Waals surface area contributed by atoms with E-state index in [-0.39, 0.29) is 0 Å². The fourth-order valence-corrected chi connectivity index (χ4v) is 1.45. The van der Waals surface area contributed by atoms with E-state index in [1.807, 2.05) is 18.2 Å². The van der Waals surface area contributed by atoms with Crippen molar-refractivity contribution >= 4 is 11.6 Å². The van der Waals surface area contributed by atoms with E-state index in [2.05, 4.69) is 19.2 Å². The van der Waals surface area contributed by atoms with E-state index in [0.29, 0.717) is 12.6 Å². The number of aryl methyl sites for hydroxylation is 1. The van der Waals surface area contributed by atoms with Gasteiger partial charge < -0.3 is 11.1 Å². The summed E-state index contributed by atoms with van der Waals surface area (Å²) in [4.78, 5) is 0. The Hall–Kier alpha value is -0.570. The predicted molar refractivity (Wildman–Crippen MR) is 61.5 cm³/mol. The predicted octanol–water partition coefficient (Wildman–Crippen LogP) is 2.09. The highest BCUT2D eigenvalue weighted by molar-refractivity contribution is 6.30. The lowest BCUT2D eigenvalue weighted by atomic mass is 10.1. The first-order valence-corrected chi connectivity index (χ1v) is 5.19. The van der Waals surface area contributed by atoms with Crippen molar-refractivity contribution in [2.45, 2.75) is 26.4 Å². The molecular weight excluding hydrogens is 196 g/mol. The van der Waals surface area contributed by atoms with E-state index in [1.165, 1.54) is 11.1 Å². The van der Waals surface area contributed by atoms with Crippen LogP contribution in [0.1, 0.15) is 18.1 Å². The third-order valence-electron chi connectivity index (χ3n) is 2.30. The van der Waals surface area contributed by atoms with Crippen LogP contribution in [0.3, 0.4) is 0 Å². The highest BCUT2D eigenvalue weighted by atomic mass is 35.5. The second kappa shape index (κ2) is 5.35. The van der Waals surface area contributed by atoms with Crippen LogP contribution in [0.2, 0.25) is 5.02 Å². The smallest absolute Gasteiger partial charge is 0.0408 e. The van der Waals surface area contributed by atoms with Gasteiger partial charge in [-0.15, -0.1) is 0 Å². The molecule has 78 valence electrons. The Kier molecular flexibility index (Phi) is 4.39. The minimum Gasteiger partial charge on any atom is -0.329 e. The molecular formula is C11H17ClN2. The summed E-state index contributed by atoms with van der Waals surface area (Å²) in [5, 5.41) is 4.13. The van der Waals surface area contributed by atoms with Gasteiger partial charge in [-0.1, -0.05) is 17.7 Å². The minimum atomic E-state index is 0.352. The van der Waals surface area contributed by atoms with Gasteiger partial charge >= 0.3 is 0 Å². The summed E-state index contributed by atoms with van der Waals surface area (Å²) in [6.07, 6.45) is 0. The van der Waals surface area contributed by atoms with Crippen molar-refractivity contribution < 1.29 is 0 Å². The van der Waals surface area contributed by atoms with E-state index in [0.717, 1.165) is 11.6 Å². The maximum absolute atomic E-state index is 5.87. The van der Waals surface area contributed by atoms with Crippen molar-refractivity contribution in [1.82, 2.24) is 5.32 Å². The maximum Gasteiger partial charge on any atom is 0.0408 e. The van der Waals surface area contributed by atoms with Gasteiger partial charge in [0.15, 0.2) is 0 Å². The molecule has 0 amide bonds. The third kappa shape index (κ3) is 3.29. The normalized spacial score (nSPS) is 12.9. The number of halogens is 1. The Balaban J connectivity index is 2.59. The molecule has 1 aromatic rings. The molecule has 0 saturated carbocycles. The topological polar surface area (TPSA) is 38.0 Å². The summed E-state index contributed by atoms with van der Waals surface area (Å²) < 4.78 is 0. The molecule has 3 N–H and O–H groups in total. The van der Waals surface area contributed by atoms with Crippen LogP contribution in [0.25, 0.3) is 0 Å². The Bertz CT molecular complexity index is 299. The lowest BCUT2D eigenvalue weighted by Crippen LogP contribution is -2.32. The molecule has 0 aromatic heterocycles. The van der Waals surface area contributed by atoms with Crippen LogP contribution in [0, 0.1) is 6.92 Å². The Labute approximate surface area is 90.4 Å². The average molecular weight is 213 g/mol. The summed E-state index contributed by atoms with van der Waals surface area (Å²) in [5.74, 6) is 0. The second-order valence-corrected chi connectivity index (χ2v) is 4.02. The van der Waals surface area contributed by atoms with Crippen molar-refractivity contribution in [3.05, 3.63) is 34.3 Å². The second-order valence-electron chi connectivity index (χ2n) is 3.59. The van der Waals surface area contributed by atoms with Gasteiger partial charge in [0.05, 0.1) is 0 Å². The third-order valence-corrected chi connectivity index (χ3v) is 2.53. The van der Waals surface area contributed by atoms with Crippen LogP contribution in [-0.2, 0) is 6.54 Å². The molecule has 0 fully saturated rings. The summed E-state index contributed by atoms with van der Waals surface area (Å²) >= 11 is 5.87. The first-order chi connectivity index (χ1) is 6.63. The van der Waals surface area contributed by atoms with Gasteiger partial charge in [-0.25, -0.2) is 0 Å². The molecule has 0 spiro atoms. The van der Waals surface area contributed by atoms with Crippen LogP contribution >= 0.6 is 11.6 Å². The molecule has 0 radical (unpaired) electrons. The first-order valence-electron chi connectivity index (χ1n) is 4.82. The summed E-state index contributed by atoms with van der Waals surface area (Å²) in [6.45, 7) is 5.65. The molecule has 0 heterocycles. The lowest BCUT2D eigenvalue weighted by molar-refractivity contribution is 0.555. The van der Waals surface area contributed by atoms with Crippen LogP contribution in [0.15, 0.2) is 18.2 Å². The number of nitrogens with two attached hydrogens (primary N) is 1. The van der Waals surface area contributed by atoms with Gasteiger partial charge in [-0.3, -0.25) is 0 Å². The molecule has 0 aliphatic heterocycles. The van der Waals surface area contributed by atoms with Crippen molar-refractivity contribution in [1.29, 1.82) is 0 Å². The average Bonchev–Trinajstić information content (AvgIpc) is 2.16. The number of rotatable bonds is 4. The van der Waals surface area contributed by atoms with E-state index in [9.17, 15) is 0 Å². The monoisotopic (exact) mass is 212 g/mol. The maximum atomic E-state index is 5.87. The van der Waals surface area contributed by atoms with Crippen LogP contribution in [-0.4, -0.2) is 12.6 Å². The van der Waals surface area contributed by atoms with Crippen LogP contribution < -0.4 is 11.1 Å². The molecule has 0 aliphatic carbocycles. The summed E-state index contributed by atoms with van der Waals surface area (Å²) in [6, 6.07) is 6.29. The van der Waals surface area contributed by atoms with Crippen LogP contribution in [0.5, 0.6) is 0 Å². The van der Waals surface area contributed by atoms with Crippen LogP contribution in [0.4, 0.5) is 0 Å². The largest absolute Gasteiger partial charge is 0.329 e. The molecule has 0 saturated heterocycles. The quantitative estimate of drug-likeness (QED) is 0.802.